The zero-order chi connectivity index (χ0) is 22.7. The number of amides is 3. The maximum absolute atomic E-state index is 12.0. The van der Waals surface area contributed by atoms with Gasteiger partial charge in [-0.1, -0.05) is 29.3 Å². The van der Waals surface area contributed by atoms with Gasteiger partial charge in [-0.05, 0) is 17.7 Å². The second-order valence-corrected chi connectivity index (χ2v) is 6.64. The van der Waals surface area contributed by atoms with E-state index in [-0.39, 0.29) is 32.4 Å². The lowest BCUT2D eigenvalue weighted by atomic mass is 10.1. The molecule has 0 fully saturated rings. The smallest absolute Gasteiger partial charge is 0.436 e. The number of carboxylic acids is 1. The van der Waals surface area contributed by atoms with E-state index in [4.69, 9.17) is 44.5 Å². The largest absolute Gasteiger partial charge is 0.480 e. The normalized spacial score (nSPS) is 12.0. The van der Waals surface area contributed by atoms with Crippen LogP contribution in [0.4, 0.5) is 4.79 Å². The molecule has 0 saturated heterocycles. The number of benzene rings is 1. The number of carboxylic acid groups (broad SMARTS) is 1. The highest BCUT2D eigenvalue weighted by Crippen LogP contribution is 2.24. The van der Waals surface area contributed by atoms with E-state index in [9.17, 15) is 19.2 Å². The summed E-state index contributed by atoms with van der Waals surface area (Å²) in [5.41, 5.74) is 11.1. The van der Waals surface area contributed by atoms with E-state index in [0.717, 1.165) is 0 Å². The summed E-state index contributed by atoms with van der Waals surface area (Å²) in [5.74, 6) is -2.99. The fourth-order valence-electron chi connectivity index (χ4n) is 2.13. The molecule has 0 aliphatic heterocycles. The number of halogens is 2. The average Bonchev–Trinajstić information content (AvgIpc) is 2.64. The van der Waals surface area contributed by atoms with Gasteiger partial charge >= 0.3 is 12.1 Å². The SMILES string of the molecule is NCCC(=O)N[C@@H](CCOC(=O)/N=C(\N)NC(=O)Cc1c(Cl)cccc1Cl)C(=O)O. The summed E-state index contributed by atoms with van der Waals surface area (Å²) in [4.78, 5) is 49.5. The van der Waals surface area contributed by atoms with Gasteiger partial charge in [-0.25, -0.2) is 9.59 Å². The third kappa shape index (κ3) is 9.07. The first-order valence-electron chi connectivity index (χ1n) is 8.60. The zero-order valence-electron chi connectivity index (χ0n) is 15.7. The molecule has 1 atom stereocenters. The predicted octanol–water partition coefficient (Wildman–Crippen LogP) is 0.412. The molecule has 0 aliphatic rings. The van der Waals surface area contributed by atoms with Crippen LogP contribution in [-0.4, -0.2) is 54.1 Å². The second-order valence-electron chi connectivity index (χ2n) is 5.82. The maximum atomic E-state index is 12.0. The summed E-state index contributed by atoms with van der Waals surface area (Å²) in [7, 11) is 0. The summed E-state index contributed by atoms with van der Waals surface area (Å²) >= 11 is 11.9. The highest BCUT2D eigenvalue weighted by molar-refractivity contribution is 6.36. The number of guanidine groups is 1. The van der Waals surface area contributed by atoms with Crippen molar-refractivity contribution in [2.24, 2.45) is 16.5 Å². The highest BCUT2D eigenvalue weighted by atomic mass is 35.5. The zero-order valence-corrected chi connectivity index (χ0v) is 17.2. The molecule has 0 spiro atoms. The Bertz CT molecular complexity index is 813. The molecule has 13 heteroatoms. The number of carbonyl (C=O) groups is 4. The monoisotopic (exact) mass is 461 g/mol. The Kier molecular flexibility index (Phi) is 10.6. The number of aliphatic imine (C=N–C) groups is 1. The van der Waals surface area contributed by atoms with Crippen LogP contribution in [0.1, 0.15) is 18.4 Å². The Morgan fingerprint density at radius 1 is 1.17 bits per heavy atom. The Hall–Kier alpha value is -2.89. The van der Waals surface area contributed by atoms with Crippen LogP contribution in [0.5, 0.6) is 0 Å². The molecule has 0 bridgehead atoms. The lowest BCUT2D eigenvalue weighted by Crippen LogP contribution is -2.42. The van der Waals surface area contributed by atoms with Crippen molar-refractivity contribution >= 4 is 53.0 Å². The van der Waals surface area contributed by atoms with Crippen LogP contribution in [0.15, 0.2) is 23.2 Å². The third-order valence-electron chi connectivity index (χ3n) is 3.52. The van der Waals surface area contributed by atoms with E-state index in [1.165, 1.54) is 0 Å². The molecule has 7 N–H and O–H groups in total. The van der Waals surface area contributed by atoms with E-state index in [1.54, 1.807) is 18.2 Å². The summed E-state index contributed by atoms with van der Waals surface area (Å²) in [6.45, 7) is -0.297. The van der Waals surface area contributed by atoms with Crippen LogP contribution in [0.2, 0.25) is 10.0 Å². The lowest BCUT2D eigenvalue weighted by Gasteiger charge is -2.13. The summed E-state index contributed by atoms with van der Waals surface area (Å²) in [6, 6.07) is 3.48. The minimum atomic E-state index is -1.30. The van der Waals surface area contributed by atoms with E-state index < -0.39 is 35.9 Å². The molecule has 1 rings (SSSR count). The molecule has 1 aromatic rings. The van der Waals surface area contributed by atoms with Crippen molar-refractivity contribution in [2.75, 3.05) is 13.2 Å². The van der Waals surface area contributed by atoms with Gasteiger partial charge in [-0.2, -0.15) is 0 Å². The Balaban J connectivity index is 2.50. The van der Waals surface area contributed by atoms with Crippen LogP contribution in [0, 0.1) is 0 Å². The lowest BCUT2D eigenvalue weighted by molar-refractivity contribution is -0.142. The Labute approximate surface area is 181 Å². The number of ether oxygens (including phenoxy) is 1. The minimum absolute atomic E-state index is 0.0382. The molecular weight excluding hydrogens is 441 g/mol. The van der Waals surface area contributed by atoms with E-state index in [2.05, 4.69) is 15.6 Å². The third-order valence-corrected chi connectivity index (χ3v) is 4.22. The van der Waals surface area contributed by atoms with Crippen molar-refractivity contribution in [1.29, 1.82) is 0 Å². The number of nitrogens with one attached hydrogen (secondary N) is 2. The molecular formula is C17H21Cl2N5O6. The fourth-order valence-corrected chi connectivity index (χ4v) is 2.66. The molecule has 0 heterocycles. The molecule has 0 unspecified atom stereocenters. The van der Waals surface area contributed by atoms with Gasteiger partial charge in [-0.15, -0.1) is 4.99 Å². The number of nitrogens with zero attached hydrogens (tertiary/aromatic N) is 1. The van der Waals surface area contributed by atoms with Gasteiger partial charge in [0.2, 0.25) is 17.8 Å². The highest BCUT2D eigenvalue weighted by Gasteiger charge is 2.20. The molecule has 0 aliphatic carbocycles. The van der Waals surface area contributed by atoms with Crippen LogP contribution in [-0.2, 0) is 25.5 Å². The van der Waals surface area contributed by atoms with Gasteiger partial charge in [0.1, 0.15) is 6.04 Å². The van der Waals surface area contributed by atoms with E-state index in [0.29, 0.717) is 15.6 Å². The van der Waals surface area contributed by atoms with Gasteiger partial charge in [0.25, 0.3) is 0 Å². The van der Waals surface area contributed by atoms with Gasteiger partial charge in [0.05, 0.1) is 13.0 Å². The van der Waals surface area contributed by atoms with E-state index in [1.807, 2.05) is 0 Å². The van der Waals surface area contributed by atoms with Crippen LogP contribution in [0.25, 0.3) is 0 Å². The predicted molar refractivity (Wildman–Crippen MR) is 109 cm³/mol. The molecule has 0 radical (unpaired) electrons. The quantitative estimate of drug-likeness (QED) is 0.258. The van der Waals surface area contributed by atoms with Gasteiger partial charge in [0, 0.05) is 29.4 Å². The molecule has 0 aromatic heterocycles. The van der Waals surface area contributed by atoms with Crippen molar-refractivity contribution in [3.05, 3.63) is 33.8 Å². The Morgan fingerprint density at radius 3 is 2.37 bits per heavy atom. The van der Waals surface area contributed by atoms with E-state index >= 15 is 0 Å². The first-order chi connectivity index (χ1) is 14.1. The van der Waals surface area contributed by atoms with Crippen molar-refractivity contribution in [1.82, 2.24) is 10.6 Å². The Morgan fingerprint density at radius 2 is 1.80 bits per heavy atom. The number of hydrogen-bond acceptors (Lipinski definition) is 6. The second kappa shape index (κ2) is 12.6. The van der Waals surface area contributed by atoms with Crippen LogP contribution < -0.4 is 22.1 Å². The molecule has 0 saturated carbocycles. The van der Waals surface area contributed by atoms with Crippen molar-refractivity contribution in [3.8, 4) is 0 Å². The fraction of sp³-hybridized carbons (Fsp3) is 0.353. The minimum Gasteiger partial charge on any atom is -0.480 e. The van der Waals surface area contributed by atoms with Gasteiger partial charge < -0.3 is 26.6 Å². The topological polar surface area (TPSA) is 186 Å². The first-order valence-corrected chi connectivity index (χ1v) is 9.35. The summed E-state index contributed by atoms with van der Waals surface area (Å²) < 4.78 is 4.73. The van der Waals surface area contributed by atoms with Crippen molar-refractivity contribution in [2.45, 2.75) is 25.3 Å². The first kappa shape index (κ1) is 25.1. The summed E-state index contributed by atoms with van der Waals surface area (Å²) in [5, 5.41) is 14.1. The van der Waals surface area contributed by atoms with Crippen LogP contribution in [0.3, 0.4) is 0 Å². The van der Waals surface area contributed by atoms with Crippen molar-refractivity contribution in [3.63, 3.8) is 0 Å². The standard InChI is InChI=1S/C17H21Cl2N5O6/c18-10-2-1-3-11(19)9(10)8-14(26)23-16(21)24-17(29)30-7-5-12(15(27)28)22-13(25)4-6-20/h1-3,12H,4-8,20H2,(H,22,25)(H,27,28)(H3,21,23,24,26,29)/t12-/m0/s1. The number of nitrogens with two attached hydrogens (primary N) is 2. The molecule has 30 heavy (non-hydrogen) atoms. The summed E-state index contributed by atoms with van der Waals surface area (Å²) in [6.07, 6.45) is -1.60. The van der Waals surface area contributed by atoms with Crippen molar-refractivity contribution < 1.29 is 29.0 Å². The number of carbonyl (C=O) groups excluding carboxylic acids is 3. The molecule has 164 valence electrons. The maximum Gasteiger partial charge on any atom is 0.436 e. The molecule has 1 aromatic carbocycles. The number of aliphatic carboxylic acids is 1. The number of hydrogen-bond donors (Lipinski definition) is 5. The molecule has 3 amide bonds. The van der Waals surface area contributed by atoms with Gasteiger partial charge in [0.15, 0.2) is 0 Å². The van der Waals surface area contributed by atoms with Gasteiger partial charge in [-0.3, -0.25) is 14.9 Å². The van der Waals surface area contributed by atoms with Crippen LogP contribution >= 0.6 is 23.2 Å². The number of rotatable bonds is 9. The average molecular weight is 462 g/mol. The molecule has 11 nitrogen and oxygen atoms in total.